The molecule has 0 saturated heterocycles. The van der Waals surface area contributed by atoms with Crippen LogP contribution in [0, 0.1) is 12.1 Å². The van der Waals surface area contributed by atoms with E-state index in [0.717, 1.165) is 23.9 Å². The molecule has 2 aromatic heterocycles. The Balaban J connectivity index is 1.85. The van der Waals surface area contributed by atoms with Gasteiger partial charge in [0.2, 0.25) is 0 Å². The van der Waals surface area contributed by atoms with E-state index in [9.17, 15) is 14.6 Å². The van der Waals surface area contributed by atoms with Crippen molar-refractivity contribution in [3.8, 4) is 0 Å². The highest BCUT2D eigenvalue weighted by molar-refractivity contribution is 7.75. The fraction of sp³-hybridized carbons (Fsp3) is 0.208. The van der Waals surface area contributed by atoms with Crippen LogP contribution in [0.5, 0.6) is 0 Å². The van der Waals surface area contributed by atoms with Crippen LogP contribution in [0.25, 0.3) is 10.9 Å². The summed E-state index contributed by atoms with van der Waals surface area (Å²) in [6.45, 7) is 4.03. The first-order chi connectivity index (χ1) is 16.2. The normalized spacial score (nSPS) is 13.1. The number of carbonyl (C=O) groups excluding carboxylic acids is 1. The zero-order chi connectivity index (χ0) is 24.5. The molecule has 0 bridgehead atoms. The molecular weight excluding hydrogens is 475 g/mol. The number of benzene rings is 2. The average molecular weight is 499 g/mol. The highest BCUT2D eigenvalue weighted by Crippen LogP contribution is 2.47. The molecular formula is C24H24ClN4O4P. The van der Waals surface area contributed by atoms with Crippen LogP contribution in [0.15, 0.2) is 55.0 Å². The number of halogens is 1. The van der Waals surface area contributed by atoms with Crippen LogP contribution in [-0.2, 0) is 22.1 Å². The molecule has 34 heavy (non-hydrogen) atoms. The van der Waals surface area contributed by atoms with Crippen LogP contribution in [0.4, 0.5) is 0 Å². The van der Waals surface area contributed by atoms with Gasteiger partial charge in [0.25, 0.3) is 19.6 Å². The first kappa shape index (κ1) is 24.0. The molecule has 0 aliphatic heterocycles. The Bertz CT molecular complexity index is 1420. The monoisotopic (exact) mass is 498 g/mol. The summed E-state index contributed by atoms with van der Waals surface area (Å²) in [6, 6.07) is 12.3. The maximum absolute atomic E-state index is 14.5. The van der Waals surface area contributed by atoms with E-state index in [-0.39, 0.29) is 17.5 Å². The second kappa shape index (κ2) is 9.58. The molecule has 176 valence electrons. The van der Waals surface area contributed by atoms with Gasteiger partial charge in [-0.3, -0.25) is 9.36 Å². The molecule has 4 aromatic rings. The van der Waals surface area contributed by atoms with E-state index in [4.69, 9.17) is 16.1 Å². The van der Waals surface area contributed by atoms with Gasteiger partial charge in [0.15, 0.2) is 5.69 Å². The Morgan fingerprint density at radius 1 is 1.26 bits per heavy atom. The van der Waals surface area contributed by atoms with Crippen LogP contribution in [0.3, 0.4) is 0 Å². The van der Waals surface area contributed by atoms with Gasteiger partial charge in [-0.2, -0.15) is 0 Å². The summed E-state index contributed by atoms with van der Waals surface area (Å²) in [5, 5.41) is 15.7. The summed E-state index contributed by atoms with van der Waals surface area (Å²) in [7, 11) is -2.31. The van der Waals surface area contributed by atoms with Crippen molar-refractivity contribution in [2.45, 2.75) is 26.8 Å². The molecule has 1 atom stereocenters. The van der Waals surface area contributed by atoms with Gasteiger partial charge in [-0.1, -0.05) is 35.1 Å². The topological polar surface area (TPSA) is 111 Å². The van der Waals surface area contributed by atoms with E-state index in [1.54, 1.807) is 18.2 Å². The summed E-state index contributed by atoms with van der Waals surface area (Å²) in [4.78, 5) is 20.4. The van der Waals surface area contributed by atoms with Gasteiger partial charge in [0.05, 0.1) is 18.0 Å². The van der Waals surface area contributed by atoms with E-state index in [2.05, 4.69) is 15.3 Å². The van der Waals surface area contributed by atoms with Crippen molar-refractivity contribution < 1.29 is 18.6 Å². The first-order valence-electron chi connectivity index (χ1n) is 10.7. The zero-order valence-corrected chi connectivity index (χ0v) is 20.6. The SMILES string of the molecule is CCc1cc(C)cc(P(=O)(OC)c2c(C(=O)NCc3cc[n+]([O-])cn3)[nH]c3ccc(Cl)cc23)c1. The minimum Gasteiger partial charge on any atom is -0.711 e. The van der Waals surface area contributed by atoms with E-state index >= 15 is 0 Å². The smallest absolute Gasteiger partial charge is 0.289 e. The highest BCUT2D eigenvalue weighted by Gasteiger charge is 2.36. The standard InChI is InChI=1S/C24H24ClN4O4P/c1-4-16-9-15(2)10-19(11-16)34(32,33-3)23-20-12-17(25)5-6-21(20)28-22(23)24(30)26-13-18-7-8-29(31)14-27-18/h5-12,14,28H,4,13H2,1-3H3,(H,26,30). The average Bonchev–Trinajstić information content (AvgIpc) is 3.21. The van der Waals surface area contributed by atoms with E-state index in [0.29, 0.717) is 31.7 Å². The molecule has 0 spiro atoms. The molecule has 0 fully saturated rings. The highest BCUT2D eigenvalue weighted by atomic mass is 35.5. The second-order valence-corrected chi connectivity index (χ2v) is 10.8. The fourth-order valence-electron chi connectivity index (χ4n) is 3.90. The fourth-order valence-corrected chi connectivity index (χ4v) is 6.38. The maximum Gasteiger partial charge on any atom is 0.289 e. The van der Waals surface area contributed by atoms with Crippen molar-refractivity contribution in [1.29, 1.82) is 0 Å². The molecule has 0 aliphatic rings. The van der Waals surface area contributed by atoms with E-state index in [1.165, 1.54) is 19.4 Å². The van der Waals surface area contributed by atoms with Crippen molar-refractivity contribution in [3.63, 3.8) is 0 Å². The van der Waals surface area contributed by atoms with Gasteiger partial charge in [-0.25, -0.2) is 4.73 Å². The number of amides is 1. The lowest BCUT2D eigenvalue weighted by atomic mass is 10.1. The quantitative estimate of drug-likeness (QED) is 0.230. The Kier molecular flexibility index (Phi) is 6.75. The summed E-state index contributed by atoms with van der Waals surface area (Å²) in [5.74, 6) is -0.483. The number of aromatic amines is 1. The number of aryl methyl sites for hydroxylation is 2. The van der Waals surface area contributed by atoms with Crippen LogP contribution < -0.4 is 20.7 Å². The van der Waals surface area contributed by atoms with Crippen molar-refractivity contribution in [3.05, 3.63) is 87.7 Å². The number of H-pyrrole nitrogens is 1. The van der Waals surface area contributed by atoms with Crippen LogP contribution >= 0.6 is 19.0 Å². The summed E-state index contributed by atoms with van der Waals surface area (Å²) in [6.07, 6.45) is 3.17. The van der Waals surface area contributed by atoms with Gasteiger partial charge in [-0.15, -0.1) is 0 Å². The lowest BCUT2D eigenvalue weighted by Gasteiger charge is -2.19. The van der Waals surface area contributed by atoms with Gasteiger partial charge in [-0.05, 0) is 49.2 Å². The number of nitrogens with one attached hydrogen (secondary N) is 2. The third-order valence-electron chi connectivity index (χ3n) is 5.56. The molecule has 10 heteroatoms. The largest absolute Gasteiger partial charge is 0.711 e. The maximum atomic E-state index is 14.5. The van der Waals surface area contributed by atoms with Crippen LogP contribution in [-0.4, -0.2) is 23.0 Å². The number of hydrogen-bond donors (Lipinski definition) is 2. The number of hydrogen-bond acceptors (Lipinski definition) is 5. The number of fused-ring (bicyclic) bond motifs is 1. The Labute approximate surface area is 202 Å². The summed E-state index contributed by atoms with van der Waals surface area (Å²) >= 11 is 6.26. The predicted molar refractivity (Wildman–Crippen MR) is 132 cm³/mol. The van der Waals surface area contributed by atoms with E-state index in [1.807, 2.05) is 32.0 Å². The third kappa shape index (κ3) is 4.57. The lowest BCUT2D eigenvalue weighted by molar-refractivity contribution is -0.608. The molecule has 1 unspecified atom stereocenters. The summed E-state index contributed by atoms with van der Waals surface area (Å²) < 4.78 is 20.8. The first-order valence-corrected chi connectivity index (χ1v) is 12.7. The lowest BCUT2D eigenvalue weighted by Crippen LogP contribution is -2.31. The van der Waals surface area contributed by atoms with Gasteiger partial charge < -0.3 is 20.0 Å². The Morgan fingerprint density at radius 3 is 2.74 bits per heavy atom. The molecule has 1 amide bonds. The van der Waals surface area contributed by atoms with Crippen LogP contribution in [0.2, 0.25) is 5.02 Å². The number of nitrogens with zero attached hydrogens (tertiary/aromatic N) is 2. The summed E-state index contributed by atoms with van der Waals surface area (Å²) in [5.41, 5.74) is 3.19. The van der Waals surface area contributed by atoms with Gasteiger partial charge in [0.1, 0.15) is 5.69 Å². The molecule has 8 nitrogen and oxygen atoms in total. The minimum atomic E-state index is -3.69. The van der Waals surface area contributed by atoms with Gasteiger partial charge >= 0.3 is 0 Å². The molecule has 0 aliphatic carbocycles. The van der Waals surface area contributed by atoms with Crippen molar-refractivity contribution in [2.75, 3.05) is 7.11 Å². The van der Waals surface area contributed by atoms with Crippen LogP contribution in [0.1, 0.15) is 34.2 Å². The molecule has 4 rings (SSSR count). The number of carbonyl (C=O) groups is 1. The minimum absolute atomic E-state index is 0.0803. The zero-order valence-electron chi connectivity index (χ0n) is 19.0. The van der Waals surface area contributed by atoms with Crippen molar-refractivity contribution in [1.82, 2.24) is 15.3 Å². The molecule has 0 saturated carbocycles. The molecule has 2 heterocycles. The Morgan fingerprint density at radius 2 is 2.06 bits per heavy atom. The van der Waals surface area contributed by atoms with Crippen molar-refractivity contribution >= 4 is 46.4 Å². The number of aromatic nitrogens is 3. The van der Waals surface area contributed by atoms with E-state index < -0.39 is 13.3 Å². The molecule has 2 aromatic carbocycles. The Hall–Kier alpha value is -3.19. The number of rotatable bonds is 7. The molecule has 0 radical (unpaired) electrons. The predicted octanol–water partition coefficient (Wildman–Crippen LogP) is 3.53. The molecule has 2 N–H and O–H groups in total. The second-order valence-electron chi connectivity index (χ2n) is 7.90. The van der Waals surface area contributed by atoms with Crippen molar-refractivity contribution in [2.24, 2.45) is 0 Å². The van der Waals surface area contributed by atoms with Gasteiger partial charge in [0, 0.05) is 34.4 Å². The third-order valence-corrected chi connectivity index (χ3v) is 8.30.